The van der Waals surface area contributed by atoms with Gasteiger partial charge in [0.2, 0.25) is 10.0 Å². The van der Waals surface area contributed by atoms with Crippen LogP contribution in [-0.4, -0.2) is 42.9 Å². The van der Waals surface area contributed by atoms with Crippen LogP contribution in [0.3, 0.4) is 0 Å². The number of halogens is 1. The van der Waals surface area contributed by atoms with Crippen molar-refractivity contribution in [3.63, 3.8) is 0 Å². The summed E-state index contributed by atoms with van der Waals surface area (Å²) in [5, 5.41) is 1.34. The quantitative estimate of drug-likeness (QED) is 0.589. The highest BCUT2D eigenvalue weighted by Gasteiger charge is 2.37. The average molecular weight is 458 g/mol. The molecule has 0 N–H and O–H groups in total. The van der Waals surface area contributed by atoms with Gasteiger partial charge in [0.25, 0.3) is 0 Å². The maximum Gasteiger partial charge on any atom is 0.414 e. The van der Waals surface area contributed by atoms with Crippen LogP contribution in [0.1, 0.15) is 18.4 Å². The molecule has 31 heavy (non-hydrogen) atoms. The first kappa shape index (κ1) is 20.2. The molecule has 2 aromatic carbocycles. The number of pyridine rings is 1. The molecule has 1 aromatic heterocycles. The fraction of sp³-hybridized carbons (Fsp3) is 0.273. The predicted octanol–water partition coefficient (Wildman–Crippen LogP) is 4.20. The number of rotatable bonds is 3. The molecule has 0 spiro atoms. The summed E-state index contributed by atoms with van der Waals surface area (Å²) in [5.74, 6) is 0. The molecule has 1 amide bonds. The summed E-state index contributed by atoms with van der Waals surface area (Å²) in [4.78, 5) is 18.6. The van der Waals surface area contributed by atoms with Crippen LogP contribution in [0, 0.1) is 0 Å². The molecule has 0 saturated carbocycles. The van der Waals surface area contributed by atoms with E-state index in [1.807, 2.05) is 12.1 Å². The maximum absolute atomic E-state index is 13.2. The smallest absolute Gasteiger partial charge is 0.414 e. The third-order valence-electron chi connectivity index (χ3n) is 5.89. The van der Waals surface area contributed by atoms with Gasteiger partial charge >= 0.3 is 6.09 Å². The molecule has 0 atom stereocenters. The lowest BCUT2D eigenvalue weighted by Crippen LogP contribution is -2.50. The molecule has 1 saturated heterocycles. The zero-order chi connectivity index (χ0) is 21.6. The summed E-state index contributed by atoms with van der Waals surface area (Å²) >= 11 is 6.28. The molecule has 0 aliphatic carbocycles. The molecule has 1 fully saturated rings. The van der Waals surface area contributed by atoms with Gasteiger partial charge < -0.3 is 4.74 Å². The third-order valence-corrected chi connectivity index (χ3v) is 8.14. The fourth-order valence-electron chi connectivity index (χ4n) is 4.27. The largest absolute Gasteiger partial charge is 0.444 e. The van der Waals surface area contributed by atoms with Crippen LogP contribution < -0.4 is 4.90 Å². The summed E-state index contributed by atoms with van der Waals surface area (Å²) in [6.07, 6.45) is 2.28. The molecule has 3 aromatic rings. The van der Waals surface area contributed by atoms with Gasteiger partial charge in [0.15, 0.2) is 0 Å². The number of carbonyl (C=O) groups excluding carboxylic acids is 1. The average Bonchev–Trinajstić information content (AvgIpc) is 2.79. The Bertz CT molecular complexity index is 1270. The minimum atomic E-state index is -3.64. The van der Waals surface area contributed by atoms with Crippen LogP contribution in [0.5, 0.6) is 0 Å². The zero-order valence-electron chi connectivity index (χ0n) is 16.6. The van der Waals surface area contributed by atoms with Crippen molar-refractivity contribution in [2.45, 2.75) is 30.4 Å². The molecule has 9 heteroatoms. The van der Waals surface area contributed by atoms with Gasteiger partial charge in [-0.2, -0.15) is 4.31 Å². The van der Waals surface area contributed by atoms with Crippen LogP contribution in [0.15, 0.2) is 59.6 Å². The van der Waals surface area contributed by atoms with E-state index >= 15 is 0 Å². The lowest BCUT2D eigenvalue weighted by atomic mass is 10.0. The maximum atomic E-state index is 13.2. The lowest BCUT2D eigenvalue weighted by molar-refractivity contribution is 0.136. The first-order valence-electron chi connectivity index (χ1n) is 10.0. The van der Waals surface area contributed by atoms with Crippen molar-refractivity contribution in [3.05, 3.63) is 65.3 Å². The number of cyclic esters (lactones) is 1. The SMILES string of the molecule is O=C1OCc2c(Cl)cccc2N1C1CCN(S(=O)(=O)c2ccc3ncccc3c2)CC1. The summed E-state index contributed by atoms with van der Waals surface area (Å²) in [5.41, 5.74) is 2.27. The van der Waals surface area contributed by atoms with Crippen molar-refractivity contribution in [2.24, 2.45) is 0 Å². The fourth-order valence-corrected chi connectivity index (χ4v) is 6.00. The number of sulfonamides is 1. The second-order valence-electron chi connectivity index (χ2n) is 7.66. The van der Waals surface area contributed by atoms with Gasteiger partial charge in [-0.25, -0.2) is 13.2 Å². The molecular formula is C22H20ClN3O4S. The van der Waals surface area contributed by atoms with Gasteiger partial charge in [-0.1, -0.05) is 23.7 Å². The Labute approximate surface area is 185 Å². The summed E-state index contributed by atoms with van der Waals surface area (Å²) in [6.45, 7) is 0.782. The number of hydrogen-bond acceptors (Lipinski definition) is 5. The van der Waals surface area contributed by atoms with Crippen LogP contribution in [0.25, 0.3) is 10.9 Å². The highest BCUT2D eigenvalue weighted by atomic mass is 35.5. The number of amides is 1. The summed E-state index contributed by atoms with van der Waals surface area (Å²) in [7, 11) is -3.64. The Morgan fingerprint density at radius 1 is 1.06 bits per heavy atom. The van der Waals surface area contributed by atoms with Gasteiger partial charge in [0.1, 0.15) is 6.61 Å². The van der Waals surface area contributed by atoms with Gasteiger partial charge in [-0.3, -0.25) is 9.88 Å². The first-order valence-corrected chi connectivity index (χ1v) is 11.9. The molecule has 2 aliphatic heterocycles. The topological polar surface area (TPSA) is 79.8 Å². The number of ether oxygens (including phenoxy) is 1. The van der Waals surface area contributed by atoms with Crippen molar-refractivity contribution < 1.29 is 17.9 Å². The van der Waals surface area contributed by atoms with E-state index in [1.165, 1.54) is 4.31 Å². The standard InChI is InChI=1S/C22H20ClN3O4S/c23-19-4-1-5-21-18(19)14-30-22(27)26(21)16-8-11-25(12-9-16)31(28,29)17-6-7-20-15(13-17)3-2-10-24-20/h1-7,10,13,16H,8-9,11-12,14H2. The second-order valence-corrected chi connectivity index (χ2v) is 10.0. The van der Waals surface area contributed by atoms with Gasteiger partial charge in [0.05, 0.1) is 16.1 Å². The van der Waals surface area contributed by atoms with Crippen molar-refractivity contribution in [1.29, 1.82) is 0 Å². The Hall–Kier alpha value is -2.68. The van der Waals surface area contributed by atoms with E-state index in [4.69, 9.17) is 16.3 Å². The Kier molecular flexibility index (Phi) is 5.08. The molecule has 0 radical (unpaired) electrons. The molecule has 0 unspecified atom stereocenters. The highest BCUT2D eigenvalue weighted by Crippen LogP contribution is 2.36. The van der Waals surface area contributed by atoms with E-state index in [0.29, 0.717) is 31.0 Å². The Morgan fingerprint density at radius 2 is 1.87 bits per heavy atom. The van der Waals surface area contributed by atoms with Crippen molar-refractivity contribution >= 4 is 44.3 Å². The lowest BCUT2D eigenvalue weighted by Gasteiger charge is -2.40. The monoisotopic (exact) mass is 457 g/mol. The van der Waals surface area contributed by atoms with E-state index in [0.717, 1.165) is 22.2 Å². The number of anilines is 1. The van der Waals surface area contributed by atoms with Crippen molar-refractivity contribution in [1.82, 2.24) is 9.29 Å². The molecular weight excluding hydrogens is 438 g/mol. The minimum absolute atomic E-state index is 0.147. The summed E-state index contributed by atoms with van der Waals surface area (Å²) < 4.78 is 33.2. The van der Waals surface area contributed by atoms with Crippen LogP contribution in [-0.2, 0) is 21.4 Å². The van der Waals surface area contributed by atoms with Crippen LogP contribution >= 0.6 is 11.6 Å². The zero-order valence-corrected chi connectivity index (χ0v) is 18.1. The Morgan fingerprint density at radius 3 is 2.68 bits per heavy atom. The molecule has 2 aliphatic rings. The van der Waals surface area contributed by atoms with Crippen molar-refractivity contribution in [3.8, 4) is 0 Å². The number of nitrogens with zero attached hydrogens (tertiary/aromatic N) is 3. The normalized spacial score (nSPS) is 18.1. The van der Waals surface area contributed by atoms with Gasteiger partial charge in [-0.15, -0.1) is 0 Å². The first-order chi connectivity index (χ1) is 14.9. The van der Waals surface area contributed by atoms with Gasteiger partial charge in [-0.05, 0) is 49.2 Å². The number of piperidine rings is 1. The molecule has 160 valence electrons. The van der Waals surface area contributed by atoms with E-state index in [9.17, 15) is 13.2 Å². The predicted molar refractivity (Wildman–Crippen MR) is 118 cm³/mol. The van der Waals surface area contributed by atoms with E-state index in [1.54, 1.807) is 47.5 Å². The number of carbonyl (C=O) groups is 1. The number of aromatic nitrogens is 1. The van der Waals surface area contributed by atoms with E-state index < -0.39 is 16.1 Å². The molecule has 0 bridgehead atoms. The van der Waals surface area contributed by atoms with E-state index in [-0.39, 0.29) is 17.5 Å². The number of benzene rings is 2. The third kappa shape index (κ3) is 3.54. The molecule has 5 rings (SSSR count). The molecule has 7 nitrogen and oxygen atoms in total. The van der Waals surface area contributed by atoms with E-state index in [2.05, 4.69) is 4.98 Å². The second kappa shape index (κ2) is 7.78. The Balaban J connectivity index is 1.37. The van der Waals surface area contributed by atoms with Crippen molar-refractivity contribution in [2.75, 3.05) is 18.0 Å². The van der Waals surface area contributed by atoms with Crippen LogP contribution in [0.4, 0.5) is 10.5 Å². The van der Waals surface area contributed by atoms with Crippen LogP contribution in [0.2, 0.25) is 5.02 Å². The summed E-state index contributed by atoms with van der Waals surface area (Å²) in [6, 6.07) is 13.9. The minimum Gasteiger partial charge on any atom is -0.444 e. The number of hydrogen-bond donors (Lipinski definition) is 0. The number of fused-ring (bicyclic) bond motifs is 2. The highest BCUT2D eigenvalue weighted by molar-refractivity contribution is 7.89. The molecule has 3 heterocycles. The van der Waals surface area contributed by atoms with Gasteiger partial charge in [0, 0.05) is 41.3 Å².